The van der Waals surface area contributed by atoms with E-state index in [-0.39, 0.29) is 19.1 Å². The van der Waals surface area contributed by atoms with E-state index < -0.39 is 5.97 Å². The van der Waals surface area contributed by atoms with Gasteiger partial charge in [-0.05, 0) is 12.8 Å². The highest BCUT2D eigenvalue weighted by Crippen LogP contribution is 2.11. The van der Waals surface area contributed by atoms with Gasteiger partial charge in [-0.2, -0.15) is 0 Å². The Balaban J connectivity index is 0. The number of aliphatic hydroxyl groups is 2. The fraction of sp³-hybridized carbons (Fsp3) is 0.900. The average molecular weight is 206 g/mol. The van der Waals surface area contributed by atoms with Gasteiger partial charge in [0.2, 0.25) is 0 Å². The summed E-state index contributed by atoms with van der Waals surface area (Å²) in [6, 6.07) is 0. The molecule has 3 N–H and O–H groups in total. The average Bonchev–Trinajstić information content (AvgIpc) is 2.19. The Bertz CT molecular complexity index is 123. The maximum absolute atomic E-state index is 10.4. The summed E-state index contributed by atoms with van der Waals surface area (Å²) in [7, 11) is 0. The molecule has 0 aromatic carbocycles. The molecule has 0 rings (SSSR count). The van der Waals surface area contributed by atoms with Gasteiger partial charge in [0.05, 0.1) is 19.1 Å². The summed E-state index contributed by atoms with van der Waals surface area (Å²) >= 11 is 0. The Morgan fingerprint density at radius 1 is 1.21 bits per heavy atom. The molecule has 86 valence electrons. The third-order valence-electron chi connectivity index (χ3n) is 1.85. The Morgan fingerprint density at radius 2 is 1.71 bits per heavy atom. The van der Waals surface area contributed by atoms with Crippen LogP contribution in [0.4, 0.5) is 0 Å². The van der Waals surface area contributed by atoms with Gasteiger partial charge in [0.1, 0.15) is 0 Å². The highest BCUT2D eigenvalue weighted by Gasteiger charge is 2.12. The van der Waals surface area contributed by atoms with Gasteiger partial charge < -0.3 is 15.3 Å². The molecule has 4 heteroatoms. The molecule has 0 aliphatic heterocycles. The summed E-state index contributed by atoms with van der Waals surface area (Å²) in [6.45, 7) is 3.75. The first-order valence-corrected chi connectivity index (χ1v) is 5.08. The highest BCUT2D eigenvalue weighted by molar-refractivity contribution is 5.69. The molecule has 4 nitrogen and oxygen atoms in total. The third-order valence-corrected chi connectivity index (χ3v) is 1.85. The topological polar surface area (TPSA) is 77.8 Å². The van der Waals surface area contributed by atoms with Crippen LogP contribution in [0.2, 0.25) is 0 Å². The van der Waals surface area contributed by atoms with Crippen LogP contribution in [-0.2, 0) is 4.79 Å². The SMILES string of the molecule is CCCCC(CC)C(=O)O.OCCO. The molecule has 0 radical (unpaired) electrons. The van der Waals surface area contributed by atoms with E-state index in [1.807, 2.05) is 6.92 Å². The highest BCUT2D eigenvalue weighted by atomic mass is 16.4. The van der Waals surface area contributed by atoms with Crippen LogP contribution in [0, 0.1) is 5.92 Å². The Hall–Kier alpha value is -0.610. The molecule has 0 saturated heterocycles. The van der Waals surface area contributed by atoms with E-state index in [0.717, 1.165) is 25.7 Å². The largest absolute Gasteiger partial charge is 0.481 e. The number of aliphatic hydroxyl groups excluding tert-OH is 2. The zero-order valence-electron chi connectivity index (χ0n) is 9.07. The van der Waals surface area contributed by atoms with Crippen LogP contribution >= 0.6 is 0 Å². The first kappa shape index (κ1) is 15.8. The van der Waals surface area contributed by atoms with Crippen molar-refractivity contribution in [2.75, 3.05) is 13.2 Å². The molecule has 0 bridgehead atoms. The molecule has 0 aliphatic carbocycles. The van der Waals surface area contributed by atoms with Crippen molar-refractivity contribution >= 4 is 5.97 Å². The van der Waals surface area contributed by atoms with Crippen LogP contribution < -0.4 is 0 Å². The zero-order chi connectivity index (χ0) is 11.4. The van der Waals surface area contributed by atoms with Gasteiger partial charge in [-0.3, -0.25) is 4.79 Å². The number of rotatable bonds is 6. The number of carboxylic acid groups (broad SMARTS) is 1. The standard InChI is InChI=1S/C8H16O2.C2H6O2/c1-3-5-6-7(4-2)8(9)10;3-1-2-4/h7H,3-6H2,1-2H3,(H,9,10);3-4H,1-2H2. The molecule has 0 aliphatic rings. The summed E-state index contributed by atoms with van der Waals surface area (Å²) in [5.41, 5.74) is 0. The van der Waals surface area contributed by atoms with E-state index >= 15 is 0 Å². The Kier molecular flexibility index (Phi) is 14.0. The smallest absolute Gasteiger partial charge is 0.306 e. The van der Waals surface area contributed by atoms with E-state index in [2.05, 4.69) is 6.92 Å². The lowest BCUT2D eigenvalue weighted by molar-refractivity contribution is -0.142. The number of aliphatic carboxylic acids is 1. The van der Waals surface area contributed by atoms with Gasteiger partial charge in [-0.25, -0.2) is 0 Å². The van der Waals surface area contributed by atoms with E-state index in [1.54, 1.807) is 0 Å². The van der Waals surface area contributed by atoms with Crippen LogP contribution in [0.1, 0.15) is 39.5 Å². The van der Waals surface area contributed by atoms with Crippen molar-refractivity contribution in [2.24, 2.45) is 5.92 Å². The molecule has 14 heavy (non-hydrogen) atoms. The molecule has 0 spiro atoms. The van der Waals surface area contributed by atoms with Crippen molar-refractivity contribution in [1.29, 1.82) is 0 Å². The van der Waals surface area contributed by atoms with Gasteiger partial charge in [0, 0.05) is 0 Å². The van der Waals surface area contributed by atoms with E-state index in [0.29, 0.717) is 0 Å². The molecule has 0 saturated carbocycles. The predicted octanol–water partition coefficient (Wildman–Crippen LogP) is 1.26. The van der Waals surface area contributed by atoms with Crippen molar-refractivity contribution in [2.45, 2.75) is 39.5 Å². The molecule has 0 fully saturated rings. The summed E-state index contributed by atoms with van der Waals surface area (Å²) in [5, 5.41) is 23.8. The molecule has 1 atom stereocenters. The summed E-state index contributed by atoms with van der Waals surface area (Å²) in [5.74, 6) is -0.754. The van der Waals surface area contributed by atoms with Crippen molar-refractivity contribution in [3.63, 3.8) is 0 Å². The predicted molar refractivity (Wildman–Crippen MR) is 55.1 cm³/mol. The van der Waals surface area contributed by atoms with Crippen LogP contribution in [0.3, 0.4) is 0 Å². The second-order valence-electron chi connectivity index (χ2n) is 3.03. The minimum Gasteiger partial charge on any atom is -0.481 e. The first-order chi connectivity index (χ1) is 6.63. The number of carboxylic acids is 1. The molecule has 0 amide bonds. The zero-order valence-corrected chi connectivity index (χ0v) is 9.07. The van der Waals surface area contributed by atoms with Crippen molar-refractivity contribution < 1.29 is 20.1 Å². The van der Waals surface area contributed by atoms with Gasteiger partial charge in [-0.15, -0.1) is 0 Å². The normalized spacial score (nSPS) is 11.4. The maximum atomic E-state index is 10.4. The minimum atomic E-state index is -0.643. The summed E-state index contributed by atoms with van der Waals surface area (Å²) in [6.07, 6.45) is 3.71. The lowest BCUT2D eigenvalue weighted by Crippen LogP contribution is -2.11. The molecule has 0 aromatic heterocycles. The summed E-state index contributed by atoms with van der Waals surface area (Å²) in [4.78, 5) is 10.4. The fourth-order valence-electron chi connectivity index (χ4n) is 0.953. The maximum Gasteiger partial charge on any atom is 0.306 e. The van der Waals surface area contributed by atoms with Gasteiger partial charge >= 0.3 is 5.97 Å². The Morgan fingerprint density at radius 3 is 1.93 bits per heavy atom. The molecular formula is C10H22O4. The van der Waals surface area contributed by atoms with E-state index in [4.69, 9.17) is 15.3 Å². The second kappa shape index (κ2) is 12.4. The van der Waals surface area contributed by atoms with E-state index in [1.165, 1.54) is 0 Å². The van der Waals surface area contributed by atoms with Gasteiger partial charge in [0.25, 0.3) is 0 Å². The van der Waals surface area contributed by atoms with Crippen LogP contribution in [0.5, 0.6) is 0 Å². The lowest BCUT2D eigenvalue weighted by atomic mass is 10.00. The number of hydrogen-bond acceptors (Lipinski definition) is 3. The summed E-state index contributed by atoms with van der Waals surface area (Å²) < 4.78 is 0. The lowest BCUT2D eigenvalue weighted by Gasteiger charge is -2.06. The van der Waals surface area contributed by atoms with Gasteiger partial charge in [-0.1, -0.05) is 26.7 Å². The number of hydrogen-bond donors (Lipinski definition) is 3. The second-order valence-corrected chi connectivity index (χ2v) is 3.03. The van der Waals surface area contributed by atoms with Crippen LogP contribution in [0.15, 0.2) is 0 Å². The van der Waals surface area contributed by atoms with Crippen LogP contribution in [-0.4, -0.2) is 34.5 Å². The quantitative estimate of drug-likeness (QED) is 0.611. The Labute approximate surface area is 85.6 Å². The minimum absolute atomic E-state index is 0.111. The van der Waals surface area contributed by atoms with E-state index in [9.17, 15) is 4.79 Å². The monoisotopic (exact) mass is 206 g/mol. The molecular weight excluding hydrogens is 184 g/mol. The van der Waals surface area contributed by atoms with Crippen LogP contribution in [0.25, 0.3) is 0 Å². The molecule has 1 unspecified atom stereocenters. The van der Waals surface area contributed by atoms with Crippen molar-refractivity contribution in [3.8, 4) is 0 Å². The van der Waals surface area contributed by atoms with Crippen molar-refractivity contribution in [1.82, 2.24) is 0 Å². The van der Waals surface area contributed by atoms with Gasteiger partial charge in [0.15, 0.2) is 0 Å². The first-order valence-electron chi connectivity index (χ1n) is 5.08. The molecule has 0 heterocycles. The third kappa shape index (κ3) is 11.4. The number of carbonyl (C=O) groups is 1. The number of unbranched alkanes of at least 4 members (excludes halogenated alkanes) is 1. The fourth-order valence-corrected chi connectivity index (χ4v) is 0.953. The molecule has 0 aromatic rings. The van der Waals surface area contributed by atoms with Crippen molar-refractivity contribution in [3.05, 3.63) is 0 Å².